The zero-order valence-electron chi connectivity index (χ0n) is 67.0. The third-order valence-electron chi connectivity index (χ3n) is 22.4. The second-order valence-electron chi connectivity index (χ2n) is 31.1. The summed E-state index contributed by atoms with van der Waals surface area (Å²) in [7, 11) is 0. The molecule has 15 rings (SSSR count). The van der Waals surface area contributed by atoms with Gasteiger partial charge in [-0.1, -0.05) is 224 Å². The molecule has 0 fully saturated rings. The van der Waals surface area contributed by atoms with Crippen molar-refractivity contribution in [2.45, 2.75) is 168 Å². The van der Waals surface area contributed by atoms with Crippen LogP contribution in [0.1, 0.15) is 216 Å². The number of rotatable bonds is 11. The topological polar surface area (TPSA) is 0 Å². The predicted molar refractivity (Wildman–Crippen MR) is 480 cm³/mol. The van der Waals surface area contributed by atoms with Crippen LogP contribution in [0.15, 0.2) is 219 Å². The first-order valence-corrected chi connectivity index (χ1v) is 43.0. The van der Waals surface area contributed by atoms with Gasteiger partial charge in [0.1, 0.15) is 29.1 Å². The third-order valence-corrected chi connectivity index (χ3v) is 23.9. The van der Waals surface area contributed by atoms with Gasteiger partial charge in [0.15, 0.2) is 0 Å². The molecule has 10 heteroatoms. The number of fused-ring (bicyclic) bond motifs is 5. The van der Waals surface area contributed by atoms with Crippen LogP contribution >= 0.6 is 58.0 Å². The Morgan fingerprint density at radius 3 is 0.855 bits per heavy atom. The van der Waals surface area contributed by atoms with Crippen molar-refractivity contribution in [3.8, 4) is 59.2 Å². The van der Waals surface area contributed by atoms with Gasteiger partial charge in [-0.15, -0.1) is 13.2 Å². The smallest absolute Gasteiger partial charge is 0.143 e. The van der Waals surface area contributed by atoms with E-state index in [9.17, 15) is 22.0 Å². The molecule has 0 spiro atoms. The zero-order valence-corrected chi connectivity index (χ0v) is 70.8. The van der Waals surface area contributed by atoms with E-state index in [0.717, 1.165) is 110 Å². The van der Waals surface area contributed by atoms with Crippen molar-refractivity contribution in [1.29, 1.82) is 0 Å². The minimum absolute atomic E-state index is 0.121. The van der Waals surface area contributed by atoms with Crippen molar-refractivity contribution in [3.05, 3.63) is 385 Å². The molecule has 0 aliphatic heterocycles. The Kier molecular flexibility index (Phi) is 33.7. The molecule has 5 unspecified atom stereocenters. The molecule has 5 atom stereocenters. The second kappa shape index (κ2) is 44.8. The Labute approximate surface area is 716 Å². The number of unbranched alkanes of at least 4 members (excludes halogenated alkanes) is 2. The van der Waals surface area contributed by atoms with Crippen molar-refractivity contribution >= 4 is 58.0 Å². The number of allylic oxidation sites excluding steroid dienone is 4. The van der Waals surface area contributed by atoms with E-state index in [1.54, 1.807) is 42.5 Å². The molecule has 0 saturated heterocycles. The van der Waals surface area contributed by atoms with E-state index in [-0.39, 0.29) is 25.1 Å². The summed E-state index contributed by atoms with van der Waals surface area (Å²) in [5.41, 5.74) is 22.3. The van der Waals surface area contributed by atoms with Crippen LogP contribution in [0.2, 0.25) is 25.1 Å². The largest absolute Gasteiger partial charge is 0.205 e. The molecule has 10 aromatic carbocycles. The normalized spacial score (nSPS) is 16.3. The van der Waals surface area contributed by atoms with Crippen molar-refractivity contribution < 1.29 is 22.0 Å². The molecule has 0 aromatic heterocycles. The van der Waals surface area contributed by atoms with E-state index < -0.39 is 29.1 Å². The first-order valence-electron chi connectivity index (χ1n) is 41.1. The van der Waals surface area contributed by atoms with Gasteiger partial charge in [0.25, 0.3) is 0 Å². The number of halogens is 10. The predicted octanol–water partition coefficient (Wildman–Crippen LogP) is 29.0. The third kappa shape index (κ3) is 26.9. The first kappa shape index (κ1) is 88.1. The summed E-state index contributed by atoms with van der Waals surface area (Å²) in [6.07, 6.45) is 36.2. The van der Waals surface area contributed by atoms with E-state index in [2.05, 4.69) is 190 Å². The molecule has 0 radical (unpaired) electrons. The van der Waals surface area contributed by atoms with Gasteiger partial charge in [-0.25, -0.2) is 22.0 Å². The average molecular weight is 1660 g/mol. The molecule has 0 bridgehead atoms. The maximum atomic E-state index is 13.5. The van der Waals surface area contributed by atoms with Gasteiger partial charge in [-0.05, 0) is 353 Å². The van der Waals surface area contributed by atoms with Crippen LogP contribution in [0.25, 0.3) is 0 Å². The number of hydrogen-bond acceptors (Lipinski definition) is 0. The van der Waals surface area contributed by atoms with Crippen molar-refractivity contribution in [1.82, 2.24) is 0 Å². The summed E-state index contributed by atoms with van der Waals surface area (Å²) in [5.74, 6) is 32.2. The summed E-state index contributed by atoms with van der Waals surface area (Å²) < 4.78 is 67.2. The highest BCUT2D eigenvalue weighted by Crippen LogP contribution is 2.35. The van der Waals surface area contributed by atoms with Gasteiger partial charge in [0.2, 0.25) is 0 Å². The second-order valence-corrected chi connectivity index (χ2v) is 33.1. The quantitative estimate of drug-likeness (QED) is 0.0524. The van der Waals surface area contributed by atoms with Crippen molar-refractivity contribution in [2.24, 2.45) is 29.6 Å². The van der Waals surface area contributed by atoms with Crippen molar-refractivity contribution in [3.63, 3.8) is 0 Å². The summed E-state index contributed by atoms with van der Waals surface area (Å²) >= 11 is 28.4. The number of benzene rings is 10. The van der Waals surface area contributed by atoms with E-state index in [4.69, 9.17) is 58.0 Å². The van der Waals surface area contributed by atoms with Crippen molar-refractivity contribution in [2.75, 3.05) is 0 Å². The monoisotopic (exact) mass is 1650 g/mol. The molecule has 5 aliphatic rings. The van der Waals surface area contributed by atoms with Gasteiger partial charge in [0, 0.05) is 55.6 Å². The van der Waals surface area contributed by atoms with Crippen LogP contribution < -0.4 is 0 Å². The van der Waals surface area contributed by atoms with Gasteiger partial charge in [-0.2, -0.15) is 0 Å². The summed E-state index contributed by atoms with van der Waals surface area (Å²) in [5, 5.41) is 0.634. The Balaban J connectivity index is 0.000000144. The fourth-order valence-electron chi connectivity index (χ4n) is 15.9. The maximum absolute atomic E-state index is 13.5. The minimum atomic E-state index is -0.436. The summed E-state index contributed by atoms with van der Waals surface area (Å²) in [6.45, 7) is 14.3. The van der Waals surface area contributed by atoms with Gasteiger partial charge < -0.3 is 0 Å². The Bertz CT molecular complexity index is 5550. The molecule has 10 aromatic rings. The summed E-state index contributed by atoms with van der Waals surface area (Å²) in [4.78, 5) is 0. The molecule has 0 heterocycles. The first-order chi connectivity index (χ1) is 56.8. The summed E-state index contributed by atoms with van der Waals surface area (Å²) in [6, 6.07) is 55.4. The standard InChI is InChI=1S/C23H24ClF.C22H20ClF.C21H20ClF.C21H18ClF.C20H16ClF/c1-2-3-4-5-17-8-11-21-15-18(9-12-20(21)14-17)6-7-19-10-13-22(24)23(25)16-19;1-2-3-4-16-7-10-20-14-17(8-11-19(20)13-16)5-6-18-9-12-21(23)22(24)15-18;2*1-2-3-15-6-9-19-13-16(7-10-18(19)12-15)4-5-17-8-11-20(22)21(23)14-17;1-2-14-5-8-18-12-15(6-9-17(18)11-14)3-4-16-7-10-19(21)20(22)13-16/h9-10,12-13,15-17H,2-5,8,11,14H2,1H3;2,8-9,11-12,14-16H,1,3-4,7,10,13H2;7-8,10-11,13-15H,2-3,6,9,12H2,1H3;2-3,7-8,10-11,13-15H,6,9,12H2,1H3;2,6-7,9-10,12-14H,1,5,8,11H2/b;;;3-2+;. The van der Waals surface area contributed by atoms with Gasteiger partial charge in [0.05, 0.1) is 25.1 Å². The van der Waals surface area contributed by atoms with E-state index in [0.29, 0.717) is 39.7 Å². The van der Waals surface area contributed by atoms with E-state index >= 15 is 0 Å². The molecule has 0 saturated carbocycles. The Morgan fingerprint density at radius 2 is 0.573 bits per heavy atom. The Morgan fingerprint density at radius 1 is 0.308 bits per heavy atom. The molecule has 596 valence electrons. The van der Waals surface area contributed by atoms with Crippen LogP contribution in [-0.2, 0) is 64.2 Å². The van der Waals surface area contributed by atoms with Crippen LogP contribution in [0.5, 0.6) is 0 Å². The van der Waals surface area contributed by atoms with E-state index in [1.165, 1.54) is 188 Å². The van der Waals surface area contributed by atoms with Crippen LogP contribution in [0.3, 0.4) is 0 Å². The van der Waals surface area contributed by atoms with Crippen LogP contribution in [0, 0.1) is 118 Å². The lowest BCUT2D eigenvalue weighted by Crippen LogP contribution is -2.14. The fourth-order valence-corrected chi connectivity index (χ4v) is 16.4. The lowest BCUT2D eigenvalue weighted by Gasteiger charge is -2.24. The SMILES string of the molecule is C/C=C/C1CCc2cc(C#Cc3ccc(Cl)c(F)c3)ccc2C1.C=CC1CCc2cc(C#Cc3ccc(Cl)c(F)c3)ccc2C1.C=CCCC1CCc2cc(C#Cc3ccc(Cl)c(F)c3)ccc2C1.CCCC1CCc2cc(C#Cc3ccc(Cl)c(F)c3)ccc2C1.CCCCCC1CCc2cc(C#Cc3ccc(Cl)c(F)c3)ccc2C1. The highest BCUT2D eigenvalue weighted by Gasteiger charge is 2.23. The molecular weight excluding hydrogens is 1560 g/mol. The zero-order chi connectivity index (χ0) is 82.6. The van der Waals surface area contributed by atoms with Gasteiger partial charge in [-0.3, -0.25) is 0 Å². The number of hydrogen-bond donors (Lipinski definition) is 0. The minimum Gasteiger partial charge on any atom is -0.205 e. The average Bonchev–Trinajstić information content (AvgIpc) is 0.840. The molecule has 0 nitrogen and oxygen atoms in total. The Hall–Kier alpha value is -9.68. The van der Waals surface area contributed by atoms with Crippen LogP contribution in [0.4, 0.5) is 22.0 Å². The molecular formula is C107H98Cl5F5. The van der Waals surface area contributed by atoms with Crippen LogP contribution in [-0.4, -0.2) is 0 Å². The fraction of sp³-hybridized carbons (Fsp3) is 0.290. The molecule has 0 amide bonds. The lowest BCUT2D eigenvalue weighted by molar-refractivity contribution is 0.408. The van der Waals surface area contributed by atoms with E-state index in [1.807, 2.05) is 18.2 Å². The highest BCUT2D eigenvalue weighted by molar-refractivity contribution is 6.32. The molecule has 117 heavy (non-hydrogen) atoms. The molecule has 0 N–H and O–H groups in total. The maximum Gasteiger partial charge on any atom is 0.143 e. The lowest BCUT2D eigenvalue weighted by atomic mass is 9.81. The van der Waals surface area contributed by atoms with Gasteiger partial charge >= 0.3 is 0 Å². The number of aryl methyl sites for hydroxylation is 5. The molecule has 5 aliphatic carbocycles. The highest BCUT2D eigenvalue weighted by atomic mass is 35.5.